The topological polar surface area (TPSA) is 82.4 Å². The Hall–Kier alpha value is -2.75. The molecular formula is C21H20N2O3S. The number of nitrogens with one attached hydrogen (secondary N) is 1. The summed E-state index contributed by atoms with van der Waals surface area (Å²) < 4.78 is 5.28. The summed E-state index contributed by atoms with van der Waals surface area (Å²) in [5, 5.41) is 24.5. The Bertz CT molecular complexity index is 893. The van der Waals surface area contributed by atoms with Gasteiger partial charge in [0, 0.05) is 11.5 Å². The highest BCUT2D eigenvalue weighted by Gasteiger charge is 2.53. The molecule has 0 aromatic heterocycles. The smallest absolute Gasteiger partial charge is 0.315 e. The maximum Gasteiger partial charge on any atom is 0.315 e. The Morgan fingerprint density at radius 3 is 2.37 bits per heavy atom. The molecule has 0 aliphatic carbocycles. The molecule has 138 valence electrons. The van der Waals surface area contributed by atoms with Gasteiger partial charge in [-0.2, -0.15) is 5.26 Å². The van der Waals surface area contributed by atoms with Crippen LogP contribution in [0.2, 0.25) is 0 Å². The maximum atomic E-state index is 13.0. The molecule has 6 heteroatoms. The Kier molecular flexibility index (Phi) is 5.54. The van der Waals surface area contributed by atoms with E-state index in [-0.39, 0.29) is 17.2 Å². The van der Waals surface area contributed by atoms with E-state index in [9.17, 15) is 15.2 Å². The summed E-state index contributed by atoms with van der Waals surface area (Å²) in [7, 11) is 0. The summed E-state index contributed by atoms with van der Waals surface area (Å²) in [5.41, 5.74) is -0.268. The summed E-state index contributed by atoms with van der Waals surface area (Å²) in [5.74, 6) is -2.35. The number of aliphatic hydroxyl groups is 1. The molecule has 3 atom stereocenters. The van der Waals surface area contributed by atoms with E-state index >= 15 is 0 Å². The molecule has 1 aliphatic rings. The summed E-state index contributed by atoms with van der Waals surface area (Å²) >= 11 is 4.40. The third-order valence-corrected chi connectivity index (χ3v) is 5.04. The van der Waals surface area contributed by atoms with Gasteiger partial charge in [-0.3, -0.25) is 4.79 Å². The van der Waals surface area contributed by atoms with Gasteiger partial charge in [-0.1, -0.05) is 60.7 Å². The fourth-order valence-electron chi connectivity index (χ4n) is 3.51. The maximum absolute atomic E-state index is 13.0. The van der Waals surface area contributed by atoms with Crippen molar-refractivity contribution in [2.24, 2.45) is 5.92 Å². The molecule has 3 unspecified atom stereocenters. The number of hydrogen-bond acceptors (Lipinski definition) is 6. The van der Waals surface area contributed by atoms with Crippen LogP contribution in [0.3, 0.4) is 0 Å². The van der Waals surface area contributed by atoms with E-state index in [1.165, 1.54) is 0 Å². The zero-order valence-corrected chi connectivity index (χ0v) is 15.7. The van der Waals surface area contributed by atoms with Gasteiger partial charge in [0.25, 0.3) is 0 Å². The normalized spacial score (nSPS) is 24.7. The minimum atomic E-state index is -1.77. The molecule has 0 amide bonds. The number of carbonyl (C=O) groups excluding carboxylic acids is 1. The Labute approximate surface area is 163 Å². The van der Waals surface area contributed by atoms with Crippen LogP contribution in [0.5, 0.6) is 0 Å². The van der Waals surface area contributed by atoms with Crippen molar-refractivity contribution in [3.63, 3.8) is 0 Å². The molecule has 2 N–H and O–H groups in total. The van der Waals surface area contributed by atoms with Crippen molar-refractivity contribution in [1.29, 1.82) is 5.26 Å². The van der Waals surface area contributed by atoms with Gasteiger partial charge in [-0.15, -0.1) is 12.6 Å². The SMILES string of the molecule is CCOC(=O)C1C(c2ccccc2)C(C#N)=C(S)NC1(O)c1ccccc1. The minimum absolute atomic E-state index is 0.168. The van der Waals surface area contributed by atoms with Crippen LogP contribution in [0.1, 0.15) is 24.0 Å². The van der Waals surface area contributed by atoms with Gasteiger partial charge in [0.15, 0.2) is 5.72 Å². The van der Waals surface area contributed by atoms with Crippen LogP contribution in [-0.2, 0) is 15.3 Å². The quantitative estimate of drug-likeness (QED) is 0.561. The second-order valence-electron chi connectivity index (χ2n) is 6.25. The van der Waals surface area contributed by atoms with E-state index in [4.69, 9.17) is 4.74 Å². The van der Waals surface area contributed by atoms with E-state index in [0.717, 1.165) is 5.56 Å². The molecule has 5 nitrogen and oxygen atoms in total. The molecule has 27 heavy (non-hydrogen) atoms. The first-order chi connectivity index (χ1) is 13.0. The second kappa shape index (κ2) is 7.87. The lowest BCUT2D eigenvalue weighted by Gasteiger charge is -2.44. The van der Waals surface area contributed by atoms with Crippen molar-refractivity contribution in [2.45, 2.75) is 18.6 Å². The lowest BCUT2D eigenvalue weighted by Crippen LogP contribution is -2.56. The highest BCUT2D eigenvalue weighted by atomic mass is 32.1. The fourth-order valence-corrected chi connectivity index (χ4v) is 3.86. The minimum Gasteiger partial charge on any atom is -0.466 e. The van der Waals surface area contributed by atoms with Gasteiger partial charge in [0.2, 0.25) is 0 Å². The molecule has 0 fully saturated rings. The van der Waals surface area contributed by atoms with Crippen LogP contribution >= 0.6 is 12.6 Å². The van der Waals surface area contributed by atoms with Crippen LogP contribution < -0.4 is 5.32 Å². The second-order valence-corrected chi connectivity index (χ2v) is 6.70. The van der Waals surface area contributed by atoms with E-state index in [1.54, 1.807) is 31.2 Å². The Balaban J connectivity index is 2.25. The van der Waals surface area contributed by atoms with Gasteiger partial charge < -0.3 is 15.2 Å². The van der Waals surface area contributed by atoms with Gasteiger partial charge in [0.1, 0.15) is 5.92 Å². The first-order valence-electron chi connectivity index (χ1n) is 8.63. The van der Waals surface area contributed by atoms with Crippen molar-refractivity contribution >= 4 is 18.6 Å². The number of nitrogens with zero attached hydrogens (tertiary/aromatic N) is 1. The lowest BCUT2D eigenvalue weighted by molar-refractivity contribution is -0.164. The predicted octanol–water partition coefficient (Wildman–Crippen LogP) is 3.06. The third kappa shape index (κ3) is 3.44. The molecule has 1 heterocycles. The summed E-state index contributed by atoms with van der Waals surface area (Å²) in [6, 6.07) is 20.1. The zero-order chi connectivity index (χ0) is 19.4. The zero-order valence-electron chi connectivity index (χ0n) is 14.8. The molecule has 0 radical (unpaired) electrons. The number of benzene rings is 2. The number of allylic oxidation sites excluding steroid dienone is 1. The first kappa shape index (κ1) is 19.0. The van der Waals surface area contributed by atoms with Crippen molar-refractivity contribution in [3.8, 4) is 6.07 Å². The molecule has 0 bridgehead atoms. The van der Waals surface area contributed by atoms with Gasteiger partial charge >= 0.3 is 5.97 Å². The highest BCUT2D eigenvalue weighted by Crippen LogP contribution is 2.47. The van der Waals surface area contributed by atoms with E-state index in [0.29, 0.717) is 5.56 Å². The van der Waals surface area contributed by atoms with Crippen molar-refractivity contribution in [1.82, 2.24) is 5.32 Å². The van der Waals surface area contributed by atoms with E-state index in [1.807, 2.05) is 36.4 Å². The number of thiol groups is 1. The van der Waals surface area contributed by atoms with Crippen LogP contribution in [0.25, 0.3) is 0 Å². The van der Waals surface area contributed by atoms with Crippen LogP contribution in [0, 0.1) is 17.2 Å². The van der Waals surface area contributed by atoms with Crippen LogP contribution in [-0.4, -0.2) is 17.7 Å². The number of rotatable bonds is 4. The summed E-state index contributed by atoms with van der Waals surface area (Å²) in [6.07, 6.45) is 0. The molecule has 0 saturated carbocycles. The molecule has 0 spiro atoms. The molecule has 1 aliphatic heterocycles. The van der Waals surface area contributed by atoms with Crippen molar-refractivity contribution in [2.75, 3.05) is 6.61 Å². The number of hydrogen-bond donors (Lipinski definition) is 3. The Morgan fingerprint density at radius 1 is 1.22 bits per heavy atom. The molecule has 2 aromatic rings. The number of carbonyl (C=O) groups is 1. The number of nitriles is 1. The highest BCUT2D eigenvalue weighted by molar-refractivity contribution is 7.84. The van der Waals surface area contributed by atoms with E-state index in [2.05, 4.69) is 24.0 Å². The summed E-state index contributed by atoms with van der Waals surface area (Å²) in [6.45, 7) is 1.87. The number of esters is 1. The van der Waals surface area contributed by atoms with Gasteiger partial charge in [-0.05, 0) is 12.5 Å². The fraction of sp³-hybridized carbons (Fsp3) is 0.238. The molecule has 0 saturated heterocycles. The van der Waals surface area contributed by atoms with Crippen LogP contribution in [0.15, 0.2) is 71.3 Å². The van der Waals surface area contributed by atoms with Crippen molar-refractivity contribution < 1.29 is 14.6 Å². The third-order valence-electron chi connectivity index (χ3n) is 4.69. The van der Waals surface area contributed by atoms with Gasteiger partial charge in [-0.25, -0.2) is 0 Å². The predicted molar refractivity (Wildman–Crippen MR) is 104 cm³/mol. The van der Waals surface area contributed by atoms with Gasteiger partial charge in [0.05, 0.1) is 23.3 Å². The molecular weight excluding hydrogens is 360 g/mol. The molecule has 2 aromatic carbocycles. The largest absolute Gasteiger partial charge is 0.466 e. The van der Waals surface area contributed by atoms with Crippen molar-refractivity contribution in [3.05, 3.63) is 82.4 Å². The Morgan fingerprint density at radius 2 is 1.81 bits per heavy atom. The lowest BCUT2D eigenvalue weighted by atomic mass is 9.71. The first-order valence-corrected chi connectivity index (χ1v) is 9.08. The average Bonchev–Trinajstić information content (AvgIpc) is 2.69. The number of ether oxygens (including phenoxy) is 1. The van der Waals surface area contributed by atoms with E-state index < -0.39 is 23.5 Å². The van der Waals surface area contributed by atoms with Crippen LogP contribution in [0.4, 0.5) is 0 Å². The molecule has 3 rings (SSSR count). The summed E-state index contributed by atoms with van der Waals surface area (Å²) in [4.78, 5) is 13.0. The monoisotopic (exact) mass is 380 g/mol. The average molecular weight is 380 g/mol. The standard InChI is InChI=1S/C21H20N2O3S/c1-2-26-20(24)18-17(14-9-5-3-6-10-14)16(13-22)19(27)23-21(18,25)15-11-7-4-8-12-15/h3-12,17-18,23,25,27H,2H2,1H3.